The van der Waals surface area contributed by atoms with Crippen LogP contribution in [0.25, 0.3) is 0 Å². The predicted octanol–water partition coefficient (Wildman–Crippen LogP) is 2.19. The molecule has 0 spiro atoms. The summed E-state index contributed by atoms with van der Waals surface area (Å²) in [4.78, 5) is 25.2. The topological polar surface area (TPSA) is 83.8 Å². The van der Waals surface area contributed by atoms with Gasteiger partial charge in [0.05, 0.1) is 18.2 Å². The van der Waals surface area contributed by atoms with Crippen LogP contribution in [0.15, 0.2) is 24.3 Å². The molecule has 0 aromatic heterocycles. The first-order chi connectivity index (χ1) is 9.97. The number of methoxy groups -OCH3 is 1. The van der Waals surface area contributed by atoms with E-state index in [0.717, 1.165) is 0 Å². The van der Waals surface area contributed by atoms with Crippen LogP contribution in [-0.2, 0) is 0 Å². The van der Waals surface area contributed by atoms with Crippen molar-refractivity contribution in [2.24, 2.45) is 0 Å². The van der Waals surface area contributed by atoms with Crippen molar-refractivity contribution in [1.29, 1.82) is 0 Å². The molecule has 2 aromatic carbocycles. The predicted molar refractivity (Wildman–Crippen MR) is 74.4 cm³/mol. The van der Waals surface area contributed by atoms with Crippen molar-refractivity contribution in [3.05, 3.63) is 52.1 Å². The van der Waals surface area contributed by atoms with Crippen LogP contribution in [0.1, 0.15) is 37.4 Å². The van der Waals surface area contributed by atoms with Gasteiger partial charge in [0.15, 0.2) is 5.78 Å². The lowest BCUT2D eigenvalue weighted by molar-refractivity contribution is 0.0973. The summed E-state index contributed by atoms with van der Waals surface area (Å²) in [5, 5.41) is 19.9. The maximum Gasteiger partial charge on any atom is 0.201 e. The van der Waals surface area contributed by atoms with Gasteiger partial charge in [-0.25, -0.2) is 0 Å². The summed E-state index contributed by atoms with van der Waals surface area (Å²) < 4.78 is 5.14. The van der Waals surface area contributed by atoms with Gasteiger partial charge in [-0.15, -0.1) is 0 Å². The molecule has 0 atom stereocenters. The fraction of sp³-hybridized carbons (Fsp3) is 0.125. The average Bonchev–Trinajstić information content (AvgIpc) is 2.49. The highest BCUT2D eigenvalue weighted by molar-refractivity contribution is 6.30. The number of aromatic hydroxyl groups is 2. The smallest absolute Gasteiger partial charge is 0.201 e. The number of ketones is 2. The summed E-state index contributed by atoms with van der Waals surface area (Å²) in [6.45, 7) is 1.47. The summed E-state index contributed by atoms with van der Waals surface area (Å²) >= 11 is 0. The van der Waals surface area contributed by atoms with Crippen LogP contribution in [0, 0.1) is 6.92 Å². The van der Waals surface area contributed by atoms with Crippen molar-refractivity contribution in [3.8, 4) is 17.2 Å². The summed E-state index contributed by atoms with van der Waals surface area (Å²) in [7, 11) is 1.41. The molecule has 5 nitrogen and oxygen atoms in total. The Kier molecular flexibility index (Phi) is 2.73. The minimum atomic E-state index is -0.488. The van der Waals surface area contributed by atoms with Gasteiger partial charge in [0.2, 0.25) is 5.78 Å². The molecule has 106 valence electrons. The van der Waals surface area contributed by atoms with Gasteiger partial charge in [0, 0.05) is 16.7 Å². The van der Waals surface area contributed by atoms with Crippen molar-refractivity contribution in [2.75, 3.05) is 7.11 Å². The molecule has 1 aliphatic carbocycles. The Morgan fingerprint density at radius 1 is 1.00 bits per heavy atom. The maximum absolute atomic E-state index is 12.6. The number of benzene rings is 2. The lowest BCUT2D eigenvalue weighted by Crippen LogP contribution is -2.22. The minimum absolute atomic E-state index is 0.00125. The van der Waals surface area contributed by atoms with Gasteiger partial charge >= 0.3 is 0 Å². The van der Waals surface area contributed by atoms with E-state index in [1.165, 1.54) is 26.2 Å². The van der Waals surface area contributed by atoms with Gasteiger partial charge in [-0.3, -0.25) is 9.59 Å². The van der Waals surface area contributed by atoms with E-state index < -0.39 is 11.6 Å². The Morgan fingerprint density at radius 2 is 1.71 bits per heavy atom. The van der Waals surface area contributed by atoms with Gasteiger partial charge in [-0.05, 0) is 19.1 Å². The third kappa shape index (κ3) is 1.64. The van der Waals surface area contributed by atoms with Crippen LogP contribution in [0.5, 0.6) is 17.2 Å². The van der Waals surface area contributed by atoms with Crippen molar-refractivity contribution < 1.29 is 24.5 Å². The van der Waals surface area contributed by atoms with Gasteiger partial charge in [0.1, 0.15) is 17.2 Å². The molecule has 0 heterocycles. The zero-order chi connectivity index (χ0) is 15.3. The van der Waals surface area contributed by atoms with Crippen molar-refractivity contribution in [2.45, 2.75) is 6.92 Å². The average molecular weight is 284 g/mol. The summed E-state index contributed by atoms with van der Waals surface area (Å²) in [5.74, 6) is -1.23. The SMILES string of the molecule is COc1cccc2c1C(=O)c1c(cc(O)c(C)c1O)C2=O. The number of fused-ring (bicyclic) bond motifs is 2. The lowest BCUT2D eigenvalue weighted by atomic mass is 9.82. The molecule has 0 saturated heterocycles. The van der Waals surface area contributed by atoms with E-state index in [-0.39, 0.29) is 45.1 Å². The molecule has 0 fully saturated rings. The third-order valence-electron chi connectivity index (χ3n) is 3.72. The minimum Gasteiger partial charge on any atom is -0.508 e. The van der Waals surface area contributed by atoms with E-state index in [0.29, 0.717) is 0 Å². The highest BCUT2D eigenvalue weighted by atomic mass is 16.5. The Balaban J connectivity index is 2.39. The molecule has 21 heavy (non-hydrogen) atoms. The number of phenols is 2. The summed E-state index contributed by atoms with van der Waals surface area (Å²) in [6.07, 6.45) is 0. The van der Waals surface area contributed by atoms with Crippen LogP contribution < -0.4 is 4.74 Å². The number of hydrogen-bond donors (Lipinski definition) is 2. The normalized spacial score (nSPS) is 12.9. The first kappa shape index (κ1) is 13.2. The van der Waals surface area contributed by atoms with E-state index >= 15 is 0 Å². The number of phenolic OH excluding ortho intramolecular Hbond substituents is 2. The second-order valence-electron chi connectivity index (χ2n) is 4.83. The molecule has 0 aliphatic heterocycles. The maximum atomic E-state index is 12.6. The molecular formula is C16H12O5. The van der Waals surface area contributed by atoms with Crippen LogP contribution in [-0.4, -0.2) is 28.9 Å². The quantitative estimate of drug-likeness (QED) is 0.715. The van der Waals surface area contributed by atoms with Crippen LogP contribution in [0.4, 0.5) is 0 Å². The molecule has 0 radical (unpaired) electrons. The summed E-state index contributed by atoms with van der Waals surface area (Å²) in [6, 6.07) is 5.93. The first-order valence-corrected chi connectivity index (χ1v) is 6.29. The number of ether oxygens (including phenoxy) is 1. The molecular weight excluding hydrogens is 272 g/mol. The first-order valence-electron chi connectivity index (χ1n) is 6.29. The summed E-state index contributed by atoms with van der Waals surface area (Å²) in [5.41, 5.74) is 0.411. The van der Waals surface area contributed by atoms with Gasteiger partial charge in [0.25, 0.3) is 0 Å². The zero-order valence-corrected chi connectivity index (χ0v) is 11.4. The number of carbonyl (C=O) groups excluding carboxylic acids is 2. The Morgan fingerprint density at radius 3 is 2.38 bits per heavy atom. The van der Waals surface area contributed by atoms with E-state index in [2.05, 4.69) is 0 Å². The largest absolute Gasteiger partial charge is 0.508 e. The van der Waals surface area contributed by atoms with E-state index in [4.69, 9.17) is 4.74 Å². The van der Waals surface area contributed by atoms with Crippen LogP contribution >= 0.6 is 0 Å². The van der Waals surface area contributed by atoms with E-state index in [1.54, 1.807) is 12.1 Å². The molecule has 2 aromatic rings. The van der Waals surface area contributed by atoms with Crippen molar-refractivity contribution >= 4 is 11.6 Å². The molecule has 5 heteroatoms. The lowest BCUT2D eigenvalue weighted by Gasteiger charge is -2.21. The standard InChI is InChI=1S/C16H12O5/c1-7-10(17)6-9-13(14(7)18)16(20)12-8(15(9)19)4-3-5-11(12)21-2/h3-6,17-18H,1-2H3. The number of carbonyl (C=O) groups is 2. The third-order valence-corrected chi connectivity index (χ3v) is 3.72. The van der Waals surface area contributed by atoms with Crippen molar-refractivity contribution in [3.63, 3.8) is 0 Å². The van der Waals surface area contributed by atoms with Gasteiger partial charge < -0.3 is 14.9 Å². The second-order valence-corrected chi connectivity index (χ2v) is 4.83. The molecule has 0 unspecified atom stereocenters. The zero-order valence-electron chi connectivity index (χ0n) is 11.4. The van der Waals surface area contributed by atoms with Crippen LogP contribution in [0.2, 0.25) is 0 Å². The van der Waals surface area contributed by atoms with E-state index in [9.17, 15) is 19.8 Å². The number of rotatable bonds is 1. The number of hydrogen-bond acceptors (Lipinski definition) is 5. The fourth-order valence-electron chi connectivity index (χ4n) is 2.56. The monoisotopic (exact) mass is 284 g/mol. The van der Waals surface area contributed by atoms with E-state index in [1.807, 2.05) is 0 Å². The Hall–Kier alpha value is -2.82. The van der Waals surface area contributed by atoms with Gasteiger partial charge in [-0.1, -0.05) is 12.1 Å². The highest BCUT2D eigenvalue weighted by Gasteiger charge is 2.35. The van der Waals surface area contributed by atoms with Crippen LogP contribution in [0.3, 0.4) is 0 Å². The molecule has 2 N–H and O–H groups in total. The van der Waals surface area contributed by atoms with Gasteiger partial charge in [-0.2, -0.15) is 0 Å². The molecule has 0 amide bonds. The molecule has 1 aliphatic rings. The Bertz CT molecular complexity index is 805. The Labute approximate surface area is 120 Å². The molecule has 3 rings (SSSR count). The second kappa shape index (κ2) is 4.34. The molecule has 0 bridgehead atoms. The fourth-order valence-corrected chi connectivity index (χ4v) is 2.56. The molecule has 0 saturated carbocycles. The van der Waals surface area contributed by atoms with Crippen molar-refractivity contribution in [1.82, 2.24) is 0 Å². The highest BCUT2D eigenvalue weighted by Crippen LogP contribution is 2.40.